The van der Waals surface area contributed by atoms with Crippen LogP contribution in [0.4, 0.5) is 5.69 Å². The molecule has 0 radical (unpaired) electrons. The maximum Gasteiger partial charge on any atom is 0.189 e. The van der Waals surface area contributed by atoms with Gasteiger partial charge in [0.05, 0.1) is 12.0 Å². The van der Waals surface area contributed by atoms with Crippen molar-refractivity contribution in [3.8, 4) is 0 Å². The highest BCUT2D eigenvalue weighted by Gasteiger charge is 2.31. The smallest absolute Gasteiger partial charge is 0.189 e. The van der Waals surface area contributed by atoms with Crippen LogP contribution in [-0.2, 0) is 4.74 Å². The number of hydrogen-bond donors (Lipinski definition) is 0. The van der Waals surface area contributed by atoms with E-state index in [9.17, 15) is 4.79 Å². The van der Waals surface area contributed by atoms with Gasteiger partial charge in [-0.25, -0.2) is 0 Å². The second-order valence-corrected chi connectivity index (χ2v) is 3.88. The molecule has 1 atom stereocenters. The lowest BCUT2D eigenvalue weighted by molar-refractivity contribution is 0.110. The molecule has 0 aliphatic carbocycles. The van der Waals surface area contributed by atoms with Gasteiger partial charge in [0.1, 0.15) is 0 Å². The lowest BCUT2D eigenvalue weighted by atomic mass is 10.0. The Morgan fingerprint density at radius 1 is 1.73 bits per heavy atom. The van der Waals surface area contributed by atoms with E-state index in [0.29, 0.717) is 11.7 Å². The third-order valence-corrected chi connectivity index (χ3v) is 2.91. The number of rotatable bonds is 4. The average Bonchev–Trinajstić information content (AvgIpc) is 2.77. The van der Waals surface area contributed by atoms with E-state index in [4.69, 9.17) is 9.15 Å². The van der Waals surface area contributed by atoms with Crippen LogP contribution in [0, 0.1) is 0 Å². The molecule has 2 heterocycles. The van der Waals surface area contributed by atoms with Crippen molar-refractivity contribution in [2.24, 2.45) is 0 Å². The Morgan fingerprint density at radius 2 is 2.53 bits per heavy atom. The number of nitrogens with zero attached hydrogens (tertiary/aromatic N) is 1. The third kappa shape index (κ3) is 1.65. The Labute approximate surface area is 88.8 Å². The maximum absolute atomic E-state index is 10.7. The number of ether oxygens (including phenoxy) is 1. The molecule has 0 N–H and O–H groups in total. The van der Waals surface area contributed by atoms with Gasteiger partial charge < -0.3 is 14.1 Å². The van der Waals surface area contributed by atoms with Gasteiger partial charge >= 0.3 is 0 Å². The van der Waals surface area contributed by atoms with E-state index in [1.165, 1.54) is 0 Å². The van der Waals surface area contributed by atoms with Gasteiger partial charge in [0, 0.05) is 38.8 Å². The van der Waals surface area contributed by atoms with Crippen LogP contribution in [0.1, 0.15) is 28.5 Å². The van der Waals surface area contributed by atoms with Crippen LogP contribution in [0.25, 0.3) is 0 Å². The monoisotopic (exact) mass is 209 g/mol. The first kappa shape index (κ1) is 10.2. The van der Waals surface area contributed by atoms with E-state index in [2.05, 4.69) is 4.90 Å². The predicted octanol–water partition coefficient (Wildman–Crippen LogP) is 1.66. The minimum atomic E-state index is 0.419. The van der Waals surface area contributed by atoms with Gasteiger partial charge in [0.2, 0.25) is 0 Å². The first-order valence-corrected chi connectivity index (χ1v) is 5.04. The second kappa shape index (κ2) is 4.06. The van der Waals surface area contributed by atoms with E-state index in [1.807, 2.05) is 7.05 Å². The van der Waals surface area contributed by atoms with E-state index < -0.39 is 0 Å². The molecule has 0 fully saturated rings. The molecule has 82 valence electrons. The van der Waals surface area contributed by atoms with Crippen molar-refractivity contribution < 1.29 is 13.9 Å². The molecular formula is C11H15NO3. The summed E-state index contributed by atoms with van der Waals surface area (Å²) in [7, 11) is 3.68. The van der Waals surface area contributed by atoms with Crippen LogP contribution < -0.4 is 4.90 Å². The van der Waals surface area contributed by atoms with E-state index in [1.54, 1.807) is 13.4 Å². The quantitative estimate of drug-likeness (QED) is 0.707. The largest absolute Gasteiger partial charge is 0.459 e. The maximum atomic E-state index is 10.7. The number of aldehydes is 1. The molecule has 2 rings (SSSR count). The number of likely N-dealkylation sites (N-methyl/N-ethyl adjacent to an activating group) is 1. The van der Waals surface area contributed by atoms with Gasteiger partial charge in [-0.1, -0.05) is 0 Å². The molecule has 0 amide bonds. The van der Waals surface area contributed by atoms with Crippen LogP contribution in [0.15, 0.2) is 10.7 Å². The van der Waals surface area contributed by atoms with Crippen molar-refractivity contribution >= 4 is 12.0 Å². The predicted molar refractivity (Wildman–Crippen MR) is 56.6 cm³/mol. The summed E-state index contributed by atoms with van der Waals surface area (Å²) < 4.78 is 10.3. The van der Waals surface area contributed by atoms with Crippen molar-refractivity contribution in [3.63, 3.8) is 0 Å². The zero-order valence-corrected chi connectivity index (χ0v) is 9.03. The highest BCUT2D eigenvalue weighted by Crippen LogP contribution is 2.40. The molecule has 1 aliphatic heterocycles. The van der Waals surface area contributed by atoms with Crippen molar-refractivity contribution in [1.82, 2.24) is 0 Å². The Bertz CT molecular complexity index is 359. The molecule has 4 heteroatoms. The zero-order valence-electron chi connectivity index (χ0n) is 9.03. The molecule has 1 aromatic heterocycles. The summed E-state index contributed by atoms with van der Waals surface area (Å²) in [5.74, 6) is 0.856. The highest BCUT2D eigenvalue weighted by molar-refractivity contribution is 5.84. The van der Waals surface area contributed by atoms with Gasteiger partial charge in [0.25, 0.3) is 0 Å². The van der Waals surface area contributed by atoms with Gasteiger partial charge in [-0.3, -0.25) is 4.79 Å². The molecule has 1 aliphatic rings. The SMILES string of the molecule is COCCC1CN(C)c2c1coc2C=O. The minimum absolute atomic E-state index is 0.419. The Hall–Kier alpha value is -1.29. The van der Waals surface area contributed by atoms with Crippen LogP contribution in [0.3, 0.4) is 0 Å². The van der Waals surface area contributed by atoms with Crippen molar-refractivity contribution in [2.75, 3.05) is 32.2 Å². The number of anilines is 1. The topological polar surface area (TPSA) is 42.7 Å². The average molecular weight is 209 g/mol. The summed E-state index contributed by atoms with van der Waals surface area (Å²) in [5, 5.41) is 0. The van der Waals surface area contributed by atoms with Gasteiger partial charge in [-0.05, 0) is 6.42 Å². The summed E-state index contributed by atoms with van der Waals surface area (Å²) in [5.41, 5.74) is 2.09. The summed E-state index contributed by atoms with van der Waals surface area (Å²) in [6.45, 7) is 1.67. The first-order chi connectivity index (χ1) is 7.27. The fourth-order valence-corrected chi connectivity index (χ4v) is 2.19. The molecule has 0 spiro atoms. The number of carbonyl (C=O) groups is 1. The molecule has 0 saturated carbocycles. The van der Waals surface area contributed by atoms with E-state index in [0.717, 1.165) is 37.1 Å². The fourth-order valence-electron chi connectivity index (χ4n) is 2.19. The van der Waals surface area contributed by atoms with Crippen LogP contribution in [0.5, 0.6) is 0 Å². The summed E-state index contributed by atoms with van der Waals surface area (Å²) in [4.78, 5) is 12.8. The molecule has 4 nitrogen and oxygen atoms in total. The van der Waals surface area contributed by atoms with Crippen molar-refractivity contribution in [1.29, 1.82) is 0 Å². The van der Waals surface area contributed by atoms with E-state index >= 15 is 0 Å². The van der Waals surface area contributed by atoms with Gasteiger partial charge in [0.15, 0.2) is 12.0 Å². The Kier molecular flexibility index (Phi) is 2.77. The molecule has 1 aromatic rings. The lowest BCUT2D eigenvalue weighted by Crippen LogP contribution is -2.17. The Morgan fingerprint density at radius 3 is 3.20 bits per heavy atom. The molecule has 1 unspecified atom stereocenters. The minimum Gasteiger partial charge on any atom is -0.459 e. The Balaban J connectivity index is 2.22. The zero-order chi connectivity index (χ0) is 10.8. The summed E-state index contributed by atoms with van der Waals surface area (Å²) >= 11 is 0. The summed E-state index contributed by atoms with van der Waals surface area (Å²) in [6.07, 6.45) is 3.43. The second-order valence-electron chi connectivity index (χ2n) is 3.88. The molecular weight excluding hydrogens is 194 g/mol. The number of fused-ring (bicyclic) bond motifs is 1. The van der Waals surface area contributed by atoms with Crippen LogP contribution >= 0.6 is 0 Å². The van der Waals surface area contributed by atoms with Crippen LogP contribution in [0.2, 0.25) is 0 Å². The van der Waals surface area contributed by atoms with Crippen LogP contribution in [-0.4, -0.2) is 33.6 Å². The summed E-state index contributed by atoms with van der Waals surface area (Å²) in [6, 6.07) is 0. The third-order valence-electron chi connectivity index (χ3n) is 2.91. The number of methoxy groups -OCH3 is 1. The van der Waals surface area contributed by atoms with Crippen molar-refractivity contribution in [2.45, 2.75) is 12.3 Å². The number of carbonyl (C=O) groups excluding carboxylic acids is 1. The normalized spacial score (nSPS) is 19.3. The van der Waals surface area contributed by atoms with E-state index in [-0.39, 0.29) is 0 Å². The highest BCUT2D eigenvalue weighted by atomic mass is 16.5. The van der Waals surface area contributed by atoms with Gasteiger partial charge in [-0.2, -0.15) is 0 Å². The van der Waals surface area contributed by atoms with Gasteiger partial charge in [-0.15, -0.1) is 0 Å². The molecule has 0 aromatic carbocycles. The van der Waals surface area contributed by atoms with Crippen molar-refractivity contribution in [3.05, 3.63) is 17.6 Å². The molecule has 0 saturated heterocycles. The molecule has 15 heavy (non-hydrogen) atoms. The fraction of sp³-hybridized carbons (Fsp3) is 0.545. The first-order valence-electron chi connectivity index (χ1n) is 5.04. The lowest BCUT2D eigenvalue weighted by Gasteiger charge is -2.13. The number of hydrogen-bond acceptors (Lipinski definition) is 4. The standard InChI is InChI=1S/C11H15NO3/c1-12-5-8(3-4-14-2)9-7-15-10(6-13)11(9)12/h6-8H,3-5H2,1-2H3. The molecule has 0 bridgehead atoms. The number of furan rings is 1.